The quantitative estimate of drug-likeness (QED) is 0.898. The van der Waals surface area contributed by atoms with Crippen LogP contribution in [0.2, 0.25) is 5.02 Å². The van der Waals surface area contributed by atoms with Gasteiger partial charge in [0.25, 0.3) is 0 Å². The highest BCUT2D eigenvalue weighted by molar-refractivity contribution is 6.31. The van der Waals surface area contributed by atoms with Gasteiger partial charge in [-0.3, -0.25) is 0 Å². The van der Waals surface area contributed by atoms with Gasteiger partial charge in [-0.25, -0.2) is 14.8 Å². The Morgan fingerprint density at radius 2 is 2.09 bits per heavy atom. The fourth-order valence-electron chi connectivity index (χ4n) is 2.26. The van der Waals surface area contributed by atoms with Crippen LogP contribution >= 0.6 is 11.6 Å². The van der Waals surface area contributed by atoms with Crippen molar-refractivity contribution in [3.05, 3.63) is 41.7 Å². The summed E-state index contributed by atoms with van der Waals surface area (Å²) in [7, 11) is 1.54. The number of anilines is 2. The molecule has 7 nitrogen and oxygen atoms in total. The maximum atomic E-state index is 12.2. The van der Waals surface area contributed by atoms with Crippen LogP contribution in [0.1, 0.15) is 0 Å². The van der Waals surface area contributed by atoms with Crippen LogP contribution in [0.5, 0.6) is 5.75 Å². The van der Waals surface area contributed by atoms with Gasteiger partial charge in [0.2, 0.25) is 5.95 Å². The Balaban J connectivity index is 1.54. The maximum Gasteiger partial charge on any atom is 0.322 e. The Kier molecular flexibility index (Phi) is 4.47. The van der Waals surface area contributed by atoms with E-state index < -0.39 is 0 Å². The van der Waals surface area contributed by atoms with Crippen molar-refractivity contribution in [2.45, 2.75) is 6.04 Å². The van der Waals surface area contributed by atoms with E-state index in [0.717, 1.165) is 0 Å². The normalized spacial score (nSPS) is 14.1. The molecule has 23 heavy (non-hydrogen) atoms. The summed E-state index contributed by atoms with van der Waals surface area (Å²) in [5.41, 5.74) is 0.549. The molecule has 0 radical (unpaired) electrons. The summed E-state index contributed by atoms with van der Waals surface area (Å²) in [6, 6.07) is 6.78. The molecule has 2 heterocycles. The van der Waals surface area contributed by atoms with E-state index in [0.29, 0.717) is 35.5 Å². The van der Waals surface area contributed by atoms with Crippen LogP contribution in [-0.2, 0) is 0 Å². The fraction of sp³-hybridized carbons (Fsp3) is 0.267. The number of aromatic nitrogens is 2. The van der Waals surface area contributed by atoms with E-state index in [2.05, 4.69) is 20.6 Å². The molecule has 1 saturated heterocycles. The van der Waals surface area contributed by atoms with E-state index in [4.69, 9.17) is 16.3 Å². The van der Waals surface area contributed by atoms with E-state index in [1.807, 2.05) is 0 Å². The van der Waals surface area contributed by atoms with Crippen LogP contribution in [0.3, 0.4) is 0 Å². The predicted octanol–water partition coefficient (Wildman–Crippen LogP) is 2.47. The highest BCUT2D eigenvalue weighted by Crippen LogP contribution is 2.28. The van der Waals surface area contributed by atoms with E-state index in [-0.39, 0.29) is 12.1 Å². The second-order valence-corrected chi connectivity index (χ2v) is 5.53. The van der Waals surface area contributed by atoms with Gasteiger partial charge in [-0.15, -0.1) is 0 Å². The van der Waals surface area contributed by atoms with Crippen molar-refractivity contribution >= 4 is 29.3 Å². The number of halogens is 1. The number of nitrogens with zero attached hydrogens (tertiary/aromatic N) is 3. The number of ether oxygens (including phenoxy) is 1. The summed E-state index contributed by atoms with van der Waals surface area (Å²) in [6.45, 7) is 1.15. The molecule has 1 aromatic carbocycles. The first kappa shape index (κ1) is 15.4. The minimum atomic E-state index is -0.197. The third-order valence-electron chi connectivity index (χ3n) is 3.47. The predicted molar refractivity (Wildman–Crippen MR) is 88.0 cm³/mol. The molecule has 1 aliphatic heterocycles. The molecule has 0 bridgehead atoms. The first-order valence-corrected chi connectivity index (χ1v) is 7.46. The minimum Gasteiger partial charge on any atom is -0.495 e. The highest BCUT2D eigenvalue weighted by atomic mass is 35.5. The second-order valence-electron chi connectivity index (χ2n) is 5.09. The van der Waals surface area contributed by atoms with Crippen LogP contribution in [0, 0.1) is 0 Å². The monoisotopic (exact) mass is 333 g/mol. The molecule has 2 aromatic rings. The summed E-state index contributed by atoms with van der Waals surface area (Å²) < 4.78 is 5.21. The molecule has 1 aromatic heterocycles. The lowest BCUT2D eigenvalue weighted by molar-refractivity contribution is 0.171. The van der Waals surface area contributed by atoms with Crippen molar-refractivity contribution in [3.63, 3.8) is 0 Å². The molecule has 3 rings (SSSR count). The minimum absolute atomic E-state index is 0.143. The average molecular weight is 334 g/mol. The van der Waals surface area contributed by atoms with Crippen molar-refractivity contribution in [3.8, 4) is 5.75 Å². The number of benzene rings is 1. The third-order valence-corrected chi connectivity index (χ3v) is 3.71. The zero-order valence-electron chi connectivity index (χ0n) is 12.5. The number of urea groups is 1. The molecule has 0 saturated carbocycles. The molecule has 2 amide bonds. The van der Waals surface area contributed by atoms with Crippen molar-refractivity contribution in [1.29, 1.82) is 0 Å². The van der Waals surface area contributed by atoms with Crippen molar-refractivity contribution in [1.82, 2.24) is 14.9 Å². The van der Waals surface area contributed by atoms with Gasteiger partial charge >= 0.3 is 6.03 Å². The van der Waals surface area contributed by atoms with Crippen LogP contribution in [0.15, 0.2) is 36.7 Å². The second kappa shape index (κ2) is 6.70. The molecule has 1 aliphatic rings. The first-order valence-electron chi connectivity index (χ1n) is 7.09. The van der Waals surface area contributed by atoms with Crippen LogP contribution in [0.4, 0.5) is 16.4 Å². The Morgan fingerprint density at radius 1 is 1.35 bits per heavy atom. The van der Waals surface area contributed by atoms with Crippen molar-refractivity contribution in [2.24, 2.45) is 0 Å². The summed E-state index contributed by atoms with van der Waals surface area (Å²) in [5, 5.41) is 6.51. The molecule has 8 heteroatoms. The van der Waals surface area contributed by atoms with Gasteiger partial charge in [0.15, 0.2) is 0 Å². The van der Waals surface area contributed by atoms with Gasteiger partial charge < -0.3 is 20.3 Å². The molecule has 0 atom stereocenters. The first-order chi connectivity index (χ1) is 11.2. The smallest absolute Gasteiger partial charge is 0.322 e. The molecule has 1 fully saturated rings. The molecule has 120 valence electrons. The summed E-state index contributed by atoms with van der Waals surface area (Å²) in [4.78, 5) is 22.1. The third kappa shape index (κ3) is 3.62. The molecule has 0 spiro atoms. The lowest BCUT2D eigenvalue weighted by Gasteiger charge is -2.39. The zero-order valence-corrected chi connectivity index (χ0v) is 13.2. The van der Waals surface area contributed by atoms with Crippen LogP contribution < -0.4 is 15.4 Å². The zero-order chi connectivity index (χ0) is 16.2. The highest BCUT2D eigenvalue weighted by Gasteiger charge is 2.31. The van der Waals surface area contributed by atoms with E-state index in [1.54, 1.807) is 48.7 Å². The lowest BCUT2D eigenvalue weighted by atomic mass is 10.1. The Labute approximate surface area is 138 Å². The lowest BCUT2D eigenvalue weighted by Crippen LogP contribution is -2.58. The molecule has 0 unspecified atom stereocenters. The number of hydrogen-bond acceptors (Lipinski definition) is 5. The summed E-state index contributed by atoms with van der Waals surface area (Å²) in [5.74, 6) is 1.13. The maximum absolute atomic E-state index is 12.2. The Morgan fingerprint density at radius 3 is 2.78 bits per heavy atom. The summed E-state index contributed by atoms with van der Waals surface area (Å²) >= 11 is 5.95. The number of rotatable bonds is 4. The van der Waals surface area contributed by atoms with Crippen LogP contribution in [0.25, 0.3) is 0 Å². The van der Waals surface area contributed by atoms with Gasteiger partial charge in [0.1, 0.15) is 5.75 Å². The van der Waals surface area contributed by atoms with Gasteiger partial charge in [-0.2, -0.15) is 0 Å². The number of amides is 2. The van der Waals surface area contributed by atoms with Gasteiger partial charge in [0, 0.05) is 30.5 Å². The molecular formula is C15H16ClN5O2. The number of carbonyl (C=O) groups excluding carboxylic acids is 1. The topological polar surface area (TPSA) is 79.4 Å². The molecular weight excluding hydrogens is 318 g/mol. The fourth-order valence-corrected chi connectivity index (χ4v) is 2.44. The number of methoxy groups -OCH3 is 1. The number of carbonyl (C=O) groups is 1. The number of likely N-dealkylation sites (tertiary alicyclic amines) is 1. The standard InChI is InChI=1S/C15H16ClN5O2/c1-23-13-4-3-10(16)7-12(13)20-15(22)21-8-11(9-21)19-14-17-5-2-6-18-14/h2-7,11H,8-9H2,1H3,(H,20,22)(H,17,18,19). The SMILES string of the molecule is COc1ccc(Cl)cc1NC(=O)N1CC(Nc2ncccn2)C1. The number of hydrogen-bond donors (Lipinski definition) is 2. The van der Waals surface area contributed by atoms with Crippen molar-refractivity contribution in [2.75, 3.05) is 30.8 Å². The van der Waals surface area contributed by atoms with Crippen molar-refractivity contribution < 1.29 is 9.53 Å². The molecule has 2 N–H and O–H groups in total. The molecule has 0 aliphatic carbocycles. The van der Waals surface area contributed by atoms with E-state index in [1.165, 1.54) is 0 Å². The Bertz CT molecular complexity index is 692. The average Bonchev–Trinajstić information content (AvgIpc) is 2.51. The van der Waals surface area contributed by atoms with E-state index in [9.17, 15) is 4.79 Å². The largest absolute Gasteiger partial charge is 0.495 e. The van der Waals surface area contributed by atoms with Gasteiger partial charge in [0.05, 0.1) is 18.8 Å². The summed E-state index contributed by atoms with van der Waals surface area (Å²) in [6.07, 6.45) is 3.34. The number of nitrogens with one attached hydrogen (secondary N) is 2. The van der Waals surface area contributed by atoms with E-state index >= 15 is 0 Å². The van der Waals surface area contributed by atoms with Crippen LogP contribution in [-0.4, -0.2) is 47.1 Å². The Hall–Kier alpha value is -2.54. The van der Waals surface area contributed by atoms with Gasteiger partial charge in [-0.1, -0.05) is 11.6 Å². The van der Waals surface area contributed by atoms with Gasteiger partial charge in [-0.05, 0) is 24.3 Å².